The van der Waals surface area contributed by atoms with E-state index in [2.05, 4.69) is 91.1 Å². The molecule has 57 heavy (non-hydrogen) atoms. The Labute approximate surface area is 333 Å². The molecule has 0 aliphatic carbocycles. The predicted molar refractivity (Wildman–Crippen MR) is 225 cm³/mol. The third-order valence-electron chi connectivity index (χ3n) is 9.63. The summed E-state index contributed by atoms with van der Waals surface area (Å²) in [6, 6.07) is 32.3. The highest BCUT2D eigenvalue weighted by atomic mass is 15.3. The number of benzene rings is 4. The summed E-state index contributed by atoms with van der Waals surface area (Å²) in [5, 5.41) is 31.4. The van der Waals surface area contributed by atoms with Crippen LogP contribution in [0.2, 0.25) is 0 Å². The van der Waals surface area contributed by atoms with Gasteiger partial charge in [0.1, 0.15) is 23.8 Å². The first-order chi connectivity index (χ1) is 27.9. The summed E-state index contributed by atoms with van der Waals surface area (Å²) in [5.74, 6) is 1.61. The Bertz CT molecular complexity index is 2220. The molecule has 0 radical (unpaired) electrons. The van der Waals surface area contributed by atoms with Crippen LogP contribution in [-0.4, -0.2) is 27.8 Å². The number of nitrogens with zero attached hydrogens (tertiary/aromatic N) is 10. The van der Waals surface area contributed by atoms with Crippen molar-refractivity contribution in [2.24, 2.45) is 34.6 Å². The molecule has 290 valence electrons. The van der Waals surface area contributed by atoms with Crippen molar-refractivity contribution in [3.63, 3.8) is 0 Å². The SMILES string of the molecule is CNc1ccc(Nc2ccc(N=Nc3n(CCCn4cc[n+](CCCn5cc[n+](C)c5N=Nc5ccc(Nc6ccc(NC)cc6)cc5)c4)cc[n+]3C)cc2)cc1. The van der Waals surface area contributed by atoms with Crippen molar-refractivity contribution in [1.29, 1.82) is 0 Å². The zero-order chi connectivity index (χ0) is 39.4. The minimum absolute atomic E-state index is 0.796. The fraction of sp³-hybridized carbons (Fsp3) is 0.233. The first-order valence-corrected chi connectivity index (χ1v) is 19.2. The standard InChI is InChI=1S/C43H49N14/c1-44-34-7-11-36(12-8-34)46-38-15-19-40(20-16-38)48-50-42-52(3)27-31-56(42)25-5-23-54-29-30-55(33-54)24-6-26-57-32-28-53(4)43(57)51-49-41-21-17-39(18-22-41)47-37-13-9-35(45-2)10-14-37/h7-22,27-33H,5-6,23-26H2,1-4H3,(H2,44,45,48,49)/q+1/p+2. The average Bonchev–Trinajstić information content (AvgIpc) is 3.95. The van der Waals surface area contributed by atoms with Crippen LogP contribution in [0.5, 0.6) is 0 Å². The van der Waals surface area contributed by atoms with Crippen LogP contribution in [-0.2, 0) is 40.3 Å². The minimum Gasteiger partial charge on any atom is -0.388 e. The van der Waals surface area contributed by atoms with E-state index in [4.69, 9.17) is 0 Å². The topological polar surface area (TPSA) is 124 Å². The van der Waals surface area contributed by atoms with E-state index in [1.807, 2.05) is 147 Å². The second-order valence-corrected chi connectivity index (χ2v) is 13.8. The van der Waals surface area contributed by atoms with E-state index in [0.717, 1.165) is 96.4 Å². The Balaban J connectivity index is 0.855. The first kappa shape index (κ1) is 38.2. The van der Waals surface area contributed by atoms with Crippen molar-refractivity contribution < 1.29 is 13.7 Å². The van der Waals surface area contributed by atoms with Crippen LogP contribution in [0.3, 0.4) is 0 Å². The van der Waals surface area contributed by atoms with E-state index in [1.165, 1.54) is 0 Å². The van der Waals surface area contributed by atoms with Crippen LogP contribution in [0.4, 0.5) is 57.4 Å². The Morgan fingerprint density at radius 2 is 0.895 bits per heavy atom. The second-order valence-electron chi connectivity index (χ2n) is 13.8. The molecule has 4 N–H and O–H groups in total. The molecule has 0 spiro atoms. The third-order valence-corrected chi connectivity index (χ3v) is 9.63. The summed E-state index contributed by atoms with van der Waals surface area (Å²) in [4.78, 5) is 0. The number of nitrogens with one attached hydrogen (secondary N) is 4. The summed E-state index contributed by atoms with van der Waals surface area (Å²) < 4.78 is 12.8. The number of azo groups is 2. The van der Waals surface area contributed by atoms with Gasteiger partial charge in [0, 0.05) is 71.3 Å². The van der Waals surface area contributed by atoms with Gasteiger partial charge in [-0.1, -0.05) is 10.2 Å². The zero-order valence-corrected chi connectivity index (χ0v) is 33.0. The summed E-state index contributed by atoms with van der Waals surface area (Å²) in [6.45, 7) is 3.46. The lowest BCUT2D eigenvalue weighted by Crippen LogP contribution is -2.32. The quantitative estimate of drug-likeness (QED) is 0.0516. The maximum absolute atomic E-state index is 4.60. The van der Waals surface area contributed by atoms with Gasteiger partial charge in [0.15, 0.2) is 0 Å². The van der Waals surface area contributed by atoms with Gasteiger partial charge in [0.2, 0.25) is 6.33 Å². The lowest BCUT2D eigenvalue weighted by Gasteiger charge is -2.07. The van der Waals surface area contributed by atoms with Crippen molar-refractivity contribution in [1.82, 2.24) is 13.7 Å². The summed E-state index contributed by atoms with van der Waals surface area (Å²) in [7, 11) is 7.82. The van der Waals surface area contributed by atoms with Gasteiger partial charge in [0.05, 0.1) is 65.1 Å². The third kappa shape index (κ3) is 10.4. The number of hydrogen-bond donors (Lipinski definition) is 4. The molecule has 7 rings (SSSR count). The summed E-state index contributed by atoms with van der Waals surface area (Å²) >= 11 is 0. The van der Waals surface area contributed by atoms with E-state index in [-0.39, 0.29) is 0 Å². The van der Waals surface area contributed by atoms with E-state index < -0.39 is 0 Å². The van der Waals surface area contributed by atoms with Crippen molar-refractivity contribution in [3.05, 3.63) is 141 Å². The minimum atomic E-state index is 0.796. The molecule has 0 aliphatic rings. The summed E-state index contributed by atoms with van der Waals surface area (Å²) in [5.41, 5.74) is 7.79. The highest BCUT2D eigenvalue weighted by Crippen LogP contribution is 2.25. The maximum Gasteiger partial charge on any atom is 0.421 e. The number of imidazole rings is 3. The zero-order valence-electron chi connectivity index (χ0n) is 33.0. The van der Waals surface area contributed by atoms with Gasteiger partial charge in [-0.25, -0.2) is 27.4 Å². The van der Waals surface area contributed by atoms with Crippen molar-refractivity contribution in [2.75, 3.05) is 35.4 Å². The van der Waals surface area contributed by atoms with Crippen LogP contribution in [0.15, 0.2) is 161 Å². The molecule has 0 saturated carbocycles. The van der Waals surface area contributed by atoms with E-state index >= 15 is 0 Å². The molecule has 0 fully saturated rings. The number of aromatic nitrogens is 6. The molecule has 0 aliphatic heterocycles. The van der Waals surface area contributed by atoms with Crippen LogP contribution in [0.1, 0.15) is 12.8 Å². The highest BCUT2D eigenvalue weighted by Gasteiger charge is 2.17. The average molecular weight is 764 g/mol. The molecule has 3 heterocycles. The van der Waals surface area contributed by atoms with E-state index in [1.54, 1.807) is 0 Å². The van der Waals surface area contributed by atoms with Crippen LogP contribution >= 0.6 is 0 Å². The van der Waals surface area contributed by atoms with Crippen LogP contribution in [0.25, 0.3) is 0 Å². The molecule has 0 bridgehead atoms. The Morgan fingerprint density at radius 1 is 0.474 bits per heavy atom. The van der Waals surface area contributed by atoms with Gasteiger partial charge in [-0.15, -0.1) is 0 Å². The molecule has 0 atom stereocenters. The largest absolute Gasteiger partial charge is 0.421 e. The van der Waals surface area contributed by atoms with E-state index in [9.17, 15) is 0 Å². The van der Waals surface area contributed by atoms with Crippen LogP contribution in [0, 0.1) is 0 Å². The number of rotatable bonds is 18. The van der Waals surface area contributed by atoms with Gasteiger partial charge in [-0.3, -0.25) is 0 Å². The molecule has 14 nitrogen and oxygen atoms in total. The smallest absolute Gasteiger partial charge is 0.388 e. The molecular weight excluding hydrogens is 713 g/mol. The van der Waals surface area contributed by atoms with Crippen LogP contribution < -0.4 is 35.0 Å². The van der Waals surface area contributed by atoms with E-state index in [0.29, 0.717) is 0 Å². The monoisotopic (exact) mass is 763 g/mol. The van der Waals surface area contributed by atoms with Crippen molar-refractivity contribution in [3.8, 4) is 0 Å². The van der Waals surface area contributed by atoms with Gasteiger partial charge in [-0.05, 0) is 97.1 Å². The van der Waals surface area contributed by atoms with Crippen molar-refractivity contribution >= 4 is 57.4 Å². The molecule has 0 unspecified atom stereocenters. The Hall–Kier alpha value is -7.09. The first-order valence-electron chi connectivity index (χ1n) is 19.2. The van der Waals surface area contributed by atoms with Gasteiger partial charge < -0.3 is 21.3 Å². The molecule has 14 heteroatoms. The van der Waals surface area contributed by atoms with Gasteiger partial charge in [0.25, 0.3) is 0 Å². The van der Waals surface area contributed by atoms with Gasteiger partial charge >= 0.3 is 11.9 Å². The number of aryl methyl sites for hydroxylation is 6. The number of anilines is 6. The highest BCUT2D eigenvalue weighted by molar-refractivity contribution is 5.65. The molecule has 0 saturated heterocycles. The fourth-order valence-electron chi connectivity index (χ4n) is 6.39. The number of hydrogen-bond acceptors (Lipinski definition) is 8. The maximum atomic E-state index is 4.60. The molecule has 0 amide bonds. The Morgan fingerprint density at radius 3 is 1.35 bits per heavy atom. The summed E-state index contributed by atoms with van der Waals surface area (Å²) in [6.07, 6.45) is 16.5. The molecule has 3 aromatic heterocycles. The normalized spacial score (nSPS) is 11.4. The predicted octanol–water partition coefficient (Wildman–Crippen LogP) is 8.61. The lowest BCUT2D eigenvalue weighted by molar-refractivity contribution is -0.697. The fourth-order valence-corrected chi connectivity index (χ4v) is 6.39. The lowest BCUT2D eigenvalue weighted by atomic mass is 10.2. The Kier molecular flexibility index (Phi) is 12.4. The molecule has 7 aromatic rings. The molecule has 4 aromatic carbocycles. The molecular formula is C43H51N14+3. The van der Waals surface area contributed by atoms with Gasteiger partial charge in [-0.2, -0.15) is 0 Å². The second kappa shape index (κ2) is 18.5. The van der Waals surface area contributed by atoms with Crippen molar-refractivity contribution in [2.45, 2.75) is 39.0 Å².